The van der Waals surface area contributed by atoms with Crippen LogP contribution in [-0.2, 0) is 6.42 Å². The second-order valence-electron chi connectivity index (χ2n) is 8.47. The Hall–Kier alpha value is -3.14. The van der Waals surface area contributed by atoms with Crippen molar-refractivity contribution >= 4 is 21.7 Å². The molecule has 0 amide bonds. The third-order valence-corrected chi connectivity index (χ3v) is 6.54. The van der Waals surface area contributed by atoms with Crippen LogP contribution in [0.4, 0.5) is 0 Å². The van der Waals surface area contributed by atoms with Gasteiger partial charge in [0.15, 0.2) is 11.5 Å². The molecular weight excluding hydrogens is 384 g/mol. The van der Waals surface area contributed by atoms with Crippen LogP contribution < -0.4 is 9.47 Å². The molecule has 4 heteroatoms. The number of para-hydroxylation sites is 1. The second-order valence-corrected chi connectivity index (χ2v) is 8.47. The highest BCUT2D eigenvalue weighted by Gasteiger charge is 2.22. The van der Waals surface area contributed by atoms with Crippen molar-refractivity contribution < 1.29 is 9.47 Å². The number of aromatic nitrogens is 2. The molecule has 2 aromatic heterocycles. The summed E-state index contributed by atoms with van der Waals surface area (Å²) in [5.74, 6) is 2.04. The molecule has 0 bridgehead atoms. The van der Waals surface area contributed by atoms with Crippen LogP contribution in [0.3, 0.4) is 0 Å². The molecule has 0 unspecified atom stereocenters. The summed E-state index contributed by atoms with van der Waals surface area (Å²) in [4.78, 5) is 9.65. The highest BCUT2D eigenvalue weighted by Crippen LogP contribution is 2.40. The van der Waals surface area contributed by atoms with Crippen LogP contribution in [-0.4, -0.2) is 24.2 Å². The van der Waals surface area contributed by atoms with Crippen LogP contribution in [0.5, 0.6) is 11.5 Å². The van der Waals surface area contributed by atoms with Gasteiger partial charge in [-0.15, -0.1) is 0 Å². The van der Waals surface area contributed by atoms with Gasteiger partial charge in [-0.05, 0) is 53.6 Å². The number of ether oxygens (including phenoxy) is 2. The molecule has 5 rings (SSSR count). The van der Waals surface area contributed by atoms with E-state index < -0.39 is 0 Å². The Kier molecular flexibility index (Phi) is 5.46. The second kappa shape index (κ2) is 8.54. The highest BCUT2D eigenvalue weighted by atomic mass is 16.5. The average Bonchev–Trinajstić information content (AvgIpc) is 2.83. The molecule has 1 saturated carbocycles. The molecule has 0 radical (unpaired) electrons. The first-order valence-electron chi connectivity index (χ1n) is 11.1. The number of methoxy groups -OCH3 is 2. The zero-order chi connectivity index (χ0) is 21.2. The predicted octanol–water partition coefficient (Wildman–Crippen LogP) is 6.44. The molecule has 1 aliphatic rings. The maximum Gasteiger partial charge on any atom is 0.161 e. The van der Waals surface area contributed by atoms with Crippen molar-refractivity contribution in [2.24, 2.45) is 0 Å². The van der Waals surface area contributed by atoms with Crippen LogP contribution in [0.15, 0.2) is 54.9 Å². The van der Waals surface area contributed by atoms with Crippen molar-refractivity contribution in [2.45, 2.75) is 44.4 Å². The van der Waals surface area contributed by atoms with Crippen LogP contribution in [0.25, 0.3) is 21.7 Å². The van der Waals surface area contributed by atoms with Crippen LogP contribution in [0, 0.1) is 0 Å². The third-order valence-electron chi connectivity index (χ3n) is 6.54. The van der Waals surface area contributed by atoms with Gasteiger partial charge in [0.1, 0.15) is 0 Å². The van der Waals surface area contributed by atoms with Crippen LogP contribution >= 0.6 is 0 Å². The number of pyridine rings is 2. The van der Waals surface area contributed by atoms with E-state index >= 15 is 0 Å². The molecule has 1 aliphatic carbocycles. The Balaban J connectivity index is 1.63. The normalized spacial score (nSPS) is 14.8. The molecule has 4 nitrogen and oxygen atoms in total. The number of hydrogen-bond donors (Lipinski definition) is 0. The molecule has 4 aromatic rings. The Morgan fingerprint density at radius 3 is 2.35 bits per heavy atom. The molecule has 2 heterocycles. The van der Waals surface area contributed by atoms with Gasteiger partial charge in [-0.25, -0.2) is 0 Å². The quantitative estimate of drug-likeness (QED) is 0.378. The van der Waals surface area contributed by atoms with E-state index in [0.717, 1.165) is 28.8 Å². The van der Waals surface area contributed by atoms with Crippen LogP contribution in [0.2, 0.25) is 0 Å². The summed E-state index contributed by atoms with van der Waals surface area (Å²) >= 11 is 0. The SMILES string of the molecule is COc1cc2c(Cc3cnc4ccccc4c3)cnc(C3CCCCC3)c2cc1OC. The fourth-order valence-electron chi connectivity index (χ4n) is 4.92. The first kappa shape index (κ1) is 19.8. The van der Waals surface area contributed by atoms with E-state index in [4.69, 9.17) is 14.5 Å². The zero-order valence-corrected chi connectivity index (χ0v) is 18.2. The molecule has 31 heavy (non-hydrogen) atoms. The minimum Gasteiger partial charge on any atom is -0.493 e. The van der Waals surface area contributed by atoms with Crippen molar-refractivity contribution in [3.05, 3.63) is 71.7 Å². The Labute approximate surface area is 183 Å². The summed E-state index contributed by atoms with van der Waals surface area (Å²) in [6, 6.07) is 14.7. The third kappa shape index (κ3) is 3.83. The summed E-state index contributed by atoms with van der Waals surface area (Å²) in [7, 11) is 3.39. The number of benzene rings is 2. The Morgan fingerprint density at radius 1 is 0.839 bits per heavy atom. The number of rotatable bonds is 5. The molecule has 0 aliphatic heterocycles. The zero-order valence-electron chi connectivity index (χ0n) is 18.2. The molecule has 0 atom stereocenters. The largest absolute Gasteiger partial charge is 0.493 e. The van der Waals surface area contributed by atoms with Crippen molar-refractivity contribution in [3.8, 4) is 11.5 Å². The van der Waals surface area contributed by atoms with Crippen LogP contribution in [0.1, 0.15) is 54.8 Å². The Morgan fingerprint density at radius 2 is 1.58 bits per heavy atom. The van der Waals surface area contributed by atoms with Gasteiger partial charge in [0.05, 0.1) is 25.4 Å². The van der Waals surface area contributed by atoms with Gasteiger partial charge < -0.3 is 9.47 Å². The monoisotopic (exact) mass is 412 g/mol. The van der Waals surface area contributed by atoms with E-state index in [2.05, 4.69) is 41.5 Å². The lowest BCUT2D eigenvalue weighted by Crippen LogP contribution is -2.08. The van der Waals surface area contributed by atoms with E-state index in [1.54, 1.807) is 14.2 Å². The van der Waals surface area contributed by atoms with E-state index in [-0.39, 0.29) is 0 Å². The van der Waals surface area contributed by atoms with Gasteiger partial charge in [0, 0.05) is 35.5 Å². The summed E-state index contributed by atoms with van der Waals surface area (Å²) in [6.45, 7) is 0. The van der Waals surface area contributed by atoms with Gasteiger partial charge in [-0.2, -0.15) is 0 Å². The van der Waals surface area contributed by atoms with Crippen molar-refractivity contribution in [1.29, 1.82) is 0 Å². The first-order valence-corrected chi connectivity index (χ1v) is 11.1. The Bertz CT molecular complexity index is 1230. The van der Waals surface area contributed by atoms with Crippen molar-refractivity contribution in [3.63, 3.8) is 0 Å². The van der Waals surface area contributed by atoms with Gasteiger partial charge in [0.25, 0.3) is 0 Å². The summed E-state index contributed by atoms with van der Waals surface area (Å²) in [5, 5.41) is 3.55. The molecule has 158 valence electrons. The smallest absolute Gasteiger partial charge is 0.161 e. The molecule has 0 saturated heterocycles. The fourth-order valence-corrected chi connectivity index (χ4v) is 4.92. The average molecular weight is 413 g/mol. The topological polar surface area (TPSA) is 44.2 Å². The van der Waals surface area contributed by atoms with E-state index in [0.29, 0.717) is 5.92 Å². The minimum atomic E-state index is 0.519. The molecule has 0 spiro atoms. The lowest BCUT2D eigenvalue weighted by Gasteiger charge is -2.23. The minimum absolute atomic E-state index is 0.519. The number of fused-ring (bicyclic) bond motifs is 2. The summed E-state index contributed by atoms with van der Waals surface area (Å²) in [5.41, 5.74) is 4.60. The van der Waals surface area contributed by atoms with Gasteiger partial charge in [-0.3, -0.25) is 9.97 Å². The first-order chi connectivity index (χ1) is 15.3. The lowest BCUT2D eigenvalue weighted by atomic mass is 9.84. The number of nitrogens with zero attached hydrogens (tertiary/aromatic N) is 2. The van der Waals surface area contributed by atoms with Gasteiger partial charge >= 0.3 is 0 Å². The predicted molar refractivity (Wildman–Crippen MR) is 125 cm³/mol. The molecule has 0 N–H and O–H groups in total. The molecule has 1 fully saturated rings. The van der Waals surface area contributed by atoms with Gasteiger partial charge in [-0.1, -0.05) is 37.5 Å². The maximum atomic E-state index is 5.63. The molecular formula is C27H28N2O2. The number of hydrogen-bond acceptors (Lipinski definition) is 4. The summed E-state index contributed by atoms with van der Waals surface area (Å²) < 4.78 is 11.3. The van der Waals surface area contributed by atoms with E-state index in [1.165, 1.54) is 59.7 Å². The standard InChI is InChI=1S/C27H28N2O2/c1-30-25-14-22-21(13-18-12-20-10-6-7-11-24(20)28-16-18)17-29-27(19-8-4-3-5-9-19)23(22)15-26(25)31-2/h6-7,10-12,14-17,19H,3-5,8-9,13H2,1-2H3. The fraction of sp³-hybridized carbons (Fsp3) is 0.333. The van der Waals surface area contributed by atoms with Gasteiger partial charge in [0.2, 0.25) is 0 Å². The van der Waals surface area contributed by atoms with Crippen molar-refractivity contribution in [2.75, 3.05) is 14.2 Å². The molecule has 2 aromatic carbocycles. The lowest BCUT2D eigenvalue weighted by molar-refractivity contribution is 0.355. The van der Waals surface area contributed by atoms with Crippen molar-refractivity contribution in [1.82, 2.24) is 9.97 Å². The van der Waals surface area contributed by atoms with E-state index in [9.17, 15) is 0 Å². The summed E-state index contributed by atoms with van der Waals surface area (Å²) in [6.07, 6.45) is 11.1. The highest BCUT2D eigenvalue weighted by molar-refractivity contribution is 5.91. The van der Waals surface area contributed by atoms with E-state index in [1.807, 2.05) is 18.3 Å². The maximum absolute atomic E-state index is 5.63.